The minimum atomic E-state index is -3.45. The summed E-state index contributed by atoms with van der Waals surface area (Å²) in [4.78, 5) is 2.34. The lowest BCUT2D eigenvalue weighted by atomic mass is 10.1. The number of fused-ring (bicyclic) bond motifs is 1. The first kappa shape index (κ1) is 11.9. The molecule has 1 fully saturated rings. The molecule has 18 heavy (non-hydrogen) atoms. The van der Waals surface area contributed by atoms with E-state index in [4.69, 9.17) is 0 Å². The van der Waals surface area contributed by atoms with Crippen LogP contribution in [0.25, 0.3) is 5.57 Å². The number of hydrogen-bond donors (Lipinski definition) is 0. The smallest absolute Gasteiger partial charge is 0.200 e. The van der Waals surface area contributed by atoms with Gasteiger partial charge in [0, 0.05) is 12.0 Å². The second kappa shape index (κ2) is 4.17. The van der Waals surface area contributed by atoms with E-state index in [1.54, 1.807) is 6.07 Å². The van der Waals surface area contributed by atoms with Gasteiger partial charge in [-0.15, -0.1) is 0 Å². The third-order valence-electron chi connectivity index (χ3n) is 3.49. The largest absolute Gasteiger partial charge is 0.299 e. The summed E-state index contributed by atoms with van der Waals surface area (Å²) < 4.78 is 37.0. The van der Waals surface area contributed by atoms with Crippen molar-refractivity contribution in [3.63, 3.8) is 0 Å². The molecule has 1 saturated heterocycles. The van der Waals surface area contributed by atoms with Crippen molar-refractivity contribution in [1.82, 2.24) is 4.90 Å². The minimum absolute atomic E-state index is 0.108. The Bertz CT molecular complexity index is 616. The maximum absolute atomic E-state index is 13.1. The van der Waals surface area contributed by atoms with Crippen molar-refractivity contribution in [2.75, 3.05) is 19.6 Å². The van der Waals surface area contributed by atoms with E-state index in [-0.39, 0.29) is 4.90 Å². The van der Waals surface area contributed by atoms with E-state index >= 15 is 0 Å². The quantitative estimate of drug-likeness (QED) is 0.823. The summed E-state index contributed by atoms with van der Waals surface area (Å²) in [7, 11) is -3.45. The first-order valence-electron chi connectivity index (χ1n) is 6.04. The van der Waals surface area contributed by atoms with Gasteiger partial charge in [-0.25, -0.2) is 12.8 Å². The first-order chi connectivity index (χ1) is 8.56. The van der Waals surface area contributed by atoms with Crippen molar-refractivity contribution in [3.05, 3.63) is 35.0 Å². The lowest BCUT2D eigenvalue weighted by molar-refractivity contribution is 0.383. The Kier molecular flexibility index (Phi) is 2.75. The third kappa shape index (κ3) is 1.97. The van der Waals surface area contributed by atoms with E-state index < -0.39 is 15.7 Å². The molecule has 0 aliphatic carbocycles. The minimum Gasteiger partial charge on any atom is -0.299 e. The van der Waals surface area contributed by atoms with Crippen molar-refractivity contribution in [2.24, 2.45) is 0 Å². The van der Waals surface area contributed by atoms with Gasteiger partial charge in [0.2, 0.25) is 9.84 Å². The van der Waals surface area contributed by atoms with E-state index in [9.17, 15) is 12.8 Å². The van der Waals surface area contributed by atoms with Gasteiger partial charge in [-0.1, -0.05) is 6.07 Å². The number of rotatable bonds is 2. The molecule has 3 rings (SSSR count). The fourth-order valence-electron chi connectivity index (χ4n) is 2.62. The predicted octanol–water partition coefficient (Wildman–Crippen LogP) is 2.05. The Hall–Kier alpha value is -1.20. The molecule has 2 aliphatic rings. The van der Waals surface area contributed by atoms with Gasteiger partial charge in [0.15, 0.2) is 0 Å². The predicted molar refractivity (Wildman–Crippen MR) is 67.2 cm³/mol. The van der Waals surface area contributed by atoms with Gasteiger partial charge in [0.25, 0.3) is 0 Å². The number of halogens is 1. The normalized spacial score (nSPS) is 21.9. The molecule has 3 nitrogen and oxygen atoms in total. The van der Waals surface area contributed by atoms with Gasteiger partial charge in [0.1, 0.15) is 5.82 Å². The molecule has 0 unspecified atom stereocenters. The van der Waals surface area contributed by atoms with Crippen LogP contribution in [0.5, 0.6) is 0 Å². The third-order valence-corrected chi connectivity index (χ3v) is 5.03. The van der Waals surface area contributed by atoms with Crippen LogP contribution < -0.4 is 0 Å². The molecule has 0 spiro atoms. The summed E-state index contributed by atoms with van der Waals surface area (Å²) in [5.41, 5.74) is 1.44. The summed E-state index contributed by atoms with van der Waals surface area (Å²) in [5, 5.41) is 1.29. The molecule has 2 heterocycles. The van der Waals surface area contributed by atoms with Crippen LogP contribution in [-0.4, -0.2) is 33.0 Å². The van der Waals surface area contributed by atoms with Crippen LogP contribution in [0.4, 0.5) is 4.39 Å². The molecule has 2 aliphatic heterocycles. The van der Waals surface area contributed by atoms with Crippen LogP contribution >= 0.6 is 0 Å². The molecule has 96 valence electrons. The van der Waals surface area contributed by atoms with Crippen molar-refractivity contribution in [3.8, 4) is 0 Å². The van der Waals surface area contributed by atoms with E-state index in [0.717, 1.165) is 37.6 Å². The molecule has 0 saturated carbocycles. The van der Waals surface area contributed by atoms with Crippen LogP contribution in [0.1, 0.15) is 18.4 Å². The molecule has 0 radical (unpaired) electrons. The standard InChI is InChI=1S/C13H14FNO2S/c14-11-3-4-12-10(8-15-5-1-2-6-15)9-18(16,17)13(12)7-11/h3-4,7,9H,1-2,5-6,8H2. The van der Waals surface area contributed by atoms with Crippen LogP contribution in [0.2, 0.25) is 0 Å². The number of nitrogens with zero attached hydrogens (tertiary/aromatic N) is 1. The Morgan fingerprint density at radius 3 is 2.67 bits per heavy atom. The van der Waals surface area contributed by atoms with Gasteiger partial charge < -0.3 is 0 Å². The molecule has 5 heteroatoms. The number of likely N-dealkylation sites (tertiary alicyclic amines) is 1. The highest BCUT2D eigenvalue weighted by molar-refractivity contribution is 7.95. The number of sulfone groups is 1. The molecule has 0 atom stereocenters. The maximum Gasteiger partial charge on any atom is 0.200 e. The highest BCUT2D eigenvalue weighted by Crippen LogP contribution is 2.34. The fraction of sp³-hybridized carbons (Fsp3) is 0.385. The second-order valence-corrected chi connectivity index (χ2v) is 6.58. The van der Waals surface area contributed by atoms with Gasteiger partial charge in [-0.05, 0) is 49.2 Å². The van der Waals surface area contributed by atoms with Crippen LogP contribution in [0.3, 0.4) is 0 Å². The summed E-state index contributed by atoms with van der Waals surface area (Å²) in [6, 6.07) is 3.99. The topological polar surface area (TPSA) is 37.4 Å². The van der Waals surface area contributed by atoms with E-state index in [1.165, 1.54) is 11.5 Å². The summed E-state index contributed by atoms with van der Waals surface area (Å²) >= 11 is 0. The average Bonchev–Trinajstić information content (AvgIpc) is 2.88. The summed E-state index contributed by atoms with van der Waals surface area (Å²) in [5.74, 6) is -0.506. The van der Waals surface area contributed by atoms with Crippen LogP contribution in [0.15, 0.2) is 28.5 Å². The molecule has 0 bridgehead atoms. The monoisotopic (exact) mass is 267 g/mol. The zero-order valence-corrected chi connectivity index (χ0v) is 10.7. The van der Waals surface area contributed by atoms with Crippen molar-refractivity contribution in [2.45, 2.75) is 17.7 Å². The number of hydrogen-bond acceptors (Lipinski definition) is 3. The Morgan fingerprint density at radius 1 is 1.22 bits per heavy atom. The van der Waals surface area contributed by atoms with Crippen LogP contribution in [-0.2, 0) is 9.84 Å². The molecule has 1 aromatic carbocycles. The highest BCUT2D eigenvalue weighted by atomic mass is 32.2. The summed E-state index contributed by atoms with van der Waals surface area (Å²) in [6.07, 6.45) is 2.33. The number of benzene rings is 1. The lowest BCUT2D eigenvalue weighted by Gasteiger charge is -2.15. The lowest BCUT2D eigenvalue weighted by Crippen LogP contribution is -2.21. The van der Waals surface area contributed by atoms with Crippen molar-refractivity contribution >= 4 is 15.4 Å². The molecule has 1 aromatic rings. The maximum atomic E-state index is 13.1. The average molecular weight is 267 g/mol. The Labute approximate surface area is 106 Å². The zero-order chi connectivity index (χ0) is 12.8. The fourth-order valence-corrected chi connectivity index (χ4v) is 4.10. The van der Waals surface area contributed by atoms with Gasteiger partial charge in [-0.3, -0.25) is 4.90 Å². The highest BCUT2D eigenvalue weighted by Gasteiger charge is 2.28. The molecular formula is C13H14FNO2S. The summed E-state index contributed by atoms with van der Waals surface area (Å²) in [6.45, 7) is 2.65. The Morgan fingerprint density at radius 2 is 1.94 bits per heavy atom. The van der Waals surface area contributed by atoms with Gasteiger partial charge in [0.05, 0.1) is 4.90 Å². The zero-order valence-electron chi connectivity index (χ0n) is 9.89. The molecular weight excluding hydrogens is 253 g/mol. The van der Waals surface area contributed by atoms with Crippen molar-refractivity contribution < 1.29 is 12.8 Å². The van der Waals surface area contributed by atoms with Crippen molar-refractivity contribution in [1.29, 1.82) is 0 Å². The first-order valence-corrected chi connectivity index (χ1v) is 7.59. The molecule has 0 N–H and O–H groups in total. The van der Waals surface area contributed by atoms with E-state index in [2.05, 4.69) is 4.90 Å². The second-order valence-electron chi connectivity index (χ2n) is 4.81. The van der Waals surface area contributed by atoms with Crippen LogP contribution in [0, 0.1) is 5.82 Å². The van der Waals surface area contributed by atoms with E-state index in [0.29, 0.717) is 12.1 Å². The van der Waals surface area contributed by atoms with Gasteiger partial charge in [-0.2, -0.15) is 0 Å². The Balaban J connectivity index is 1.98. The van der Waals surface area contributed by atoms with E-state index in [1.807, 2.05) is 0 Å². The molecule has 0 amide bonds. The van der Waals surface area contributed by atoms with Gasteiger partial charge >= 0.3 is 0 Å². The SMILES string of the molecule is O=S1(=O)C=C(CN2CCCC2)c2ccc(F)cc21. The molecule has 0 aromatic heterocycles.